The molecule has 0 unspecified atom stereocenters. The minimum absolute atomic E-state index is 0.0957. The number of carbonyl (C=O) groups excluding carboxylic acids is 2. The Morgan fingerprint density at radius 3 is 2.39 bits per heavy atom. The van der Waals surface area contributed by atoms with Crippen LogP contribution in [0.3, 0.4) is 0 Å². The van der Waals surface area contributed by atoms with Crippen LogP contribution in [0, 0.1) is 13.8 Å². The summed E-state index contributed by atoms with van der Waals surface area (Å²) in [6, 6.07) is 10.4. The van der Waals surface area contributed by atoms with Crippen LogP contribution in [0.5, 0.6) is 0 Å². The van der Waals surface area contributed by atoms with Gasteiger partial charge in [-0.2, -0.15) is 0 Å². The first-order valence-corrected chi connectivity index (χ1v) is 10.8. The van der Waals surface area contributed by atoms with Gasteiger partial charge < -0.3 is 14.2 Å². The molecule has 2 aliphatic heterocycles. The van der Waals surface area contributed by atoms with Crippen molar-refractivity contribution in [2.45, 2.75) is 20.8 Å². The van der Waals surface area contributed by atoms with Crippen molar-refractivity contribution in [2.75, 3.05) is 37.7 Å². The number of benzene rings is 1. The third-order valence-corrected chi connectivity index (χ3v) is 6.08. The van der Waals surface area contributed by atoms with Gasteiger partial charge in [0.05, 0.1) is 13.2 Å². The standard InChI is InChI=1S/C23H26N4O3S/c1-4-26-22(29)20(21(28)24-23(26)31)14-17-13-15(2)27(16(17)3)19-7-5-18(6-8-19)25-9-11-30-12-10-25/h5-8,13-14H,4,9-12H2,1-3H3,(H,24,28,31)/b20-14+. The third-order valence-electron chi connectivity index (χ3n) is 5.76. The Kier molecular flexibility index (Phi) is 5.93. The first kappa shape index (κ1) is 21.3. The van der Waals surface area contributed by atoms with E-state index in [2.05, 4.69) is 39.0 Å². The summed E-state index contributed by atoms with van der Waals surface area (Å²) in [6.07, 6.45) is 1.66. The van der Waals surface area contributed by atoms with Crippen LogP contribution in [-0.2, 0) is 14.3 Å². The van der Waals surface area contributed by atoms with Gasteiger partial charge in [0.25, 0.3) is 11.8 Å². The number of aromatic nitrogens is 1. The summed E-state index contributed by atoms with van der Waals surface area (Å²) in [5.41, 5.74) is 5.12. The molecule has 0 radical (unpaired) electrons. The lowest BCUT2D eigenvalue weighted by Gasteiger charge is -2.29. The third kappa shape index (κ3) is 4.00. The number of hydrogen-bond acceptors (Lipinski definition) is 5. The highest BCUT2D eigenvalue weighted by atomic mass is 32.1. The van der Waals surface area contributed by atoms with E-state index in [9.17, 15) is 9.59 Å². The number of morpholine rings is 1. The molecule has 2 amide bonds. The van der Waals surface area contributed by atoms with Gasteiger partial charge in [0.1, 0.15) is 5.57 Å². The van der Waals surface area contributed by atoms with Crippen molar-refractivity contribution in [3.8, 4) is 5.69 Å². The number of aryl methyl sites for hydroxylation is 1. The molecule has 0 bridgehead atoms. The van der Waals surface area contributed by atoms with Crippen molar-refractivity contribution in [3.05, 3.63) is 52.9 Å². The van der Waals surface area contributed by atoms with Crippen molar-refractivity contribution in [3.63, 3.8) is 0 Å². The van der Waals surface area contributed by atoms with Gasteiger partial charge in [0, 0.05) is 42.4 Å². The molecule has 2 aliphatic rings. The molecule has 4 rings (SSSR count). The molecule has 0 spiro atoms. The van der Waals surface area contributed by atoms with E-state index in [0.29, 0.717) is 6.54 Å². The zero-order chi connectivity index (χ0) is 22.1. The molecule has 2 saturated heterocycles. The molecule has 7 nitrogen and oxygen atoms in total. The average molecular weight is 439 g/mol. The predicted octanol–water partition coefficient (Wildman–Crippen LogP) is 2.58. The van der Waals surface area contributed by atoms with E-state index in [4.69, 9.17) is 17.0 Å². The van der Waals surface area contributed by atoms with E-state index in [1.165, 1.54) is 10.6 Å². The predicted molar refractivity (Wildman–Crippen MR) is 124 cm³/mol. The zero-order valence-electron chi connectivity index (χ0n) is 18.0. The van der Waals surface area contributed by atoms with Crippen molar-refractivity contribution < 1.29 is 14.3 Å². The second-order valence-corrected chi connectivity index (χ2v) is 8.03. The topological polar surface area (TPSA) is 66.8 Å². The molecule has 0 saturated carbocycles. The molecule has 1 N–H and O–H groups in total. The summed E-state index contributed by atoms with van der Waals surface area (Å²) in [4.78, 5) is 28.8. The summed E-state index contributed by atoms with van der Waals surface area (Å²) in [5, 5.41) is 2.75. The van der Waals surface area contributed by atoms with Gasteiger partial charge in [-0.05, 0) is 75.0 Å². The summed E-state index contributed by atoms with van der Waals surface area (Å²) in [6.45, 7) is 9.53. The minimum atomic E-state index is -0.459. The second kappa shape index (κ2) is 8.64. The lowest BCUT2D eigenvalue weighted by Crippen LogP contribution is -2.53. The van der Waals surface area contributed by atoms with Crippen molar-refractivity contribution in [1.82, 2.24) is 14.8 Å². The molecule has 2 aromatic rings. The fourth-order valence-electron chi connectivity index (χ4n) is 4.10. The Morgan fingerprint density at radius 2 is 1.74 bits per heavy atom. The van der Waals surface area contributed by atoms with Crippen molar-refractivity contribution in [2.24, 2.45) is 0 Å². The van der Waals surface area contributed by atoms with E-state index in [0.717, 1.165) is 48.9 Å². The number of nitrogens with zero attached hydrogens (tertiary/aromatic N) is 3. The van der Waals surface area contributed by atoms with Crippen LogP contribution in [-0.4, -0.2) is 59.2 Å². The van der Waals surface area contributed by atoms with E-state index >= 15 is 0 Å². The SMILES string of the molecule is CCN1C(=O)/C(=C/c2cc(C)n(-c3ccc(N4CCOCC4)cc3)c2C)C(=O)NC1=S. The van der Waals surface area contributed by atoms with Gasteiger partial charge in [-0.25, -0.2) is 0 Å². The first-order valence-electron chi connectivity index (χ1n) is 10.4. The number of rotatable bonds is 4. The smallest absolute Gasteiger partial charge is 0.265 e. The zero-order valence-corrected chi connectivity index (χ0v) is 18.8. The lowest BCUT2D eigenvalue weighted by atomic mass is 10.1. The minimum Gasteiger partial charge on any atom is -0.378 e. The molecule has 162 valence electrons. The van der Waals surface area contributed by atoms with Gasteiger partial charge in [-0.1, -0.05) is 0 Å². The van der Waals surface area contributed by atoms with Gasteiger partial charge in [-0.3, -0.25) is 19.8 Å². The number of amides is 2. The maximum absolute atomic E-state index is 12.7. The van der Waals surface area contributed by atoms with Gasteiger partial charge in [-0.15, -0.1) is 0 Å². The molecule has 31 heavy (non-hydrogen) atoms. The van der Waals surface area contributed by atoms with Gasteiger partial charge in [0.2, 0.25) is 0 Å². The molecule has 8 heteroatoms. The number of hydrogen-bond donors (Lipinski definition) is 1. The number of carbonyl (C=O) groups is 2. The Morgan fingerprint density at radius 1 is 1.10 bits per heavy atom. The fourth-order valence-corrected chi connectivity index (χ4v) is 4.41. The Balaban J connectivity index is 1.65. The highest BCUT2D eigenvalue weighted by molar-refractivity contribution is 7.80. The first-order chi connectivity index (χ1) is 14.9. The molecule has 3 heterocycles. The molecule has 0 aliphatic carbocycles. The number of nitrogens with one attached hydrogen (secondary N) is 1. The summed E-state index contributed by atoms with van der Waals surface area (Å²) in [7, 11) is 0. The summed E-state index contributed by atoms with van der Waals surface area (Å²) in [5.74, 6) is -0.824. The Labute approximate surface area is 187 Å². The average Bonchev–Trinajstić information content (AvgIpc) is 3.05. The van der Waals surface area contributed by atoms with Crippen LogP contribution in [0.25, 0.3) is 11.8 Å². The molecule has 0 atom stereocenters. The number of ether oxygens (including phenoxy) is 1. The van der Waals surface area contributed by atoms with Crippen LogP contribution in [0.2, 0.25) is 0 Å². The number of thiocarbonyl (C=S) groups is 1. The van der Waals surface area contributed by atoms with E-state index in [-0.39, 0.29) is 16.6 Å². The largest absolute Gasteiger partial charge is 0.378 e. The van der Waals surface area contributed by atoms with Crippen LogP contribution in [0.4, 0.5) is 5.69 Å². The van der Waals surface area contributed by atoms with Crippen LogP contribution < -0.4 is 10.2 Å². The van der Waals surface area contributed by atoms with Crippen LogP contribution in [0.15, 0.2) is 35.9 Å². The summed E-state index contributed by atoms with van der Waals surface area (Å²) < 4.78 is 7.56. The molecule has 1 aromatic heterocycles. The monoisotopic (exact) mass is 438 g/mol. The number of anilines is 1. The van der Waals surface area contributed by atoms with E-state index in [1.807, 2.05) is 26.8 Å². The molecule has 1 aromatic carbocycles. The summed E-state index contributed by atoms with van der Waals surface area (Å²) >= 11 is 5.10. The lowest BCUT2D eigenvalue weighted by molar-refractivity contribution is -0.128. The molecule has 2 fully saturated rings. The van der Waals surface area contributed by atoms with Crippen LogP contribution >= 0.6 is 12.2 Å². The van der Waals surface area contributed by atoms with E-state index in [1.54, 1.807) is 6.08 Å². The van der Waals surface area contributed by atoms with Crippen LogP contribution in [0.1, 0.15) is 23.9 Å². The van der Waals surface area contributed by atoms with Crippen molar-refractivity contribution >= 4 is 40.9 Å². The van der Waals surface area contributed by atoms with Gasteiger partial charge in [0.15, 0.2) is 5.11 Å². The molecular formula is C23H26N4O3S. The quantitative estimate of drug-likeness (QED) is 0.452. The Bertz CT molecular complexity index is 1070. The molecular weight excluding hydrogens is 412 g/mol. The normalized spacial score (nSPS) is 18.7. The Hall–Kier alpha value is -2.97. The highest BCUT2D eigenvalue weighted by Gasteiger charge is 2.32. The van der Waals surface area contributed by atoms with Gasteiger partial charge >= 0.3 is 0 Å². The van der Waals surface area contributed by atoms with Crippen molar-refractivity contribution in [1.29, 1.82) is 0 Å². The maximum Gasteiger partial charge on any atom is 0.265 e. The highest BCUT2D eigenvalue weighted by Crippen LogP contribution is 2.26. The number of likely N-dealkylation sites (N-methyl/N-ethyl adjacent to an activating group) is 1. The van der Waals surface area contributed by atoms with E-state index < -0.39 is 5.91 Å². The second-order valence-electron chi connectivity index (χ2n) is 7.64. The maximum atomic E-state index is 12.7. The fraction of sp³-hybridized carbons (Fsp3) is 0.348.